The normalized spacial score (nSPS) is 14.8. The highest BCUT2D eigenvalue weighted by Gasteiger charge is 2.14. The Kier molecular flexibility index (Phi) is 12.8. The van der Waals surface area contributed by atoms with Crippen LogP contribution in [0, 0.1) is 0 Å². The van der Waals surface area contributed by atoms with E-state index in [1.54, 1.807) is 11.8 Å². The third-order valence-electron chi connectivity index (χ3n) is 2.61. The summed E-state index contributed by atoms with van der Waals surface area (Å²) in [5.74, 6) is 0.950. The minimum absolute atomic E-state index is 0.0319. The average molecular weight is 359 g/mol. The molecule has 0 heterocycles. The quantitative estimate of drug-likeness (QED) is 0.368. The van der Waals surface area contributed by atoms with Gasteiger partial charge < -0.3 is 5.11 Å². The van der Waals surface area contributed by atoms with Crippen LogP contribution in [0.1, 0.15) is 19.8 Å². The minimum Gasteiger partial charge on any atom is -0.481 e. The Morgan fingerprint density at radius 1 is 1.10 bits per heavy atom. The Morgan fingerprint density at radius 3 is 1.95 bits per heavy atom. The van der Waals surface area contributed by atoms with Crippen LogP contribution in [-0.2, 0) is 4.79 Å². The van der Waals surface area contributed by atoms with E-state index in [2.05, 4.69) is 49.0 Å². The number of likely N-dealkylation sites (N-methyl/N-ethyl adjacent to an activating group) is 2. The minimum atomic E-state index is -0.758. The first-order valence-corrected chi connectivity index (χ1v) is 9.73. The number of hydrogen-bond donors (Lipinski definition) is 3. The molecule has 2 unspecified atom stereocenters. The van der Waals surface area contributed by atoms with Crippen LogP contribution in [0.25, 0.3) is 0 Å². The molecule has 0 aliphatic heterocycles. The average Bonchev–Trinajstić information content (AvgIpc) is 2.40. The largest absolute Gasteiger partial charge is 0.481 e. The number of thiol groups is 2. The van der Waals surface area contributed by atoms with Crippen molar-refractivity contribution in [2.75, 3.05) is 38.7 Å². The lowest BCUT2D eigenvalue weighted by atomic mass is 10.5. The van der Waals surface area contributed by atoms with Crippen LogP contribution < -0.4 is 0 Å². The number of nitrogens with zero attached hydrogens (tertiary/aromatic N) is 2. The zero-order chi connectivity index (χ0) is 15.5. The molecule has 0 radical (unpaired) electrons. The van der Waals surface area contributed by atoms with Crippen LogP contribution in [0.5, 0.6) is 0 Å². The second kappa shape index (κ2) is 12.3. The number of rotatable bonds is 12. The Balaban J connectivity index is 3.83. The lowest BCUT2D eigenvalue weighted by Gasteiger charge is -2.28. The number of carboxylic acid groups (broad SMARTS) is 1. The van der Waals surface area contributed by atoms with Crippen molar-refractivity contribution in [3.63, 3.8) is 0 Å². The van der Waals surface area contributed by atoms with Crippen molar-refractivity contribution in [1.29, 1.82) is 0 Å². The van der Waals surface area contributed by atoms with E-state index in [-0.39, 0.29) is 15.8 Å². The summed E-state index contributed by atoms with van der Waals surface area (Å²) < 4.78 is 0.255. The smallest absolute Gasteiger partial charge is 0.304 e. The predicted octanol–water partition coefficient (Wildman–Crippen LogP) is 2.63. The molecule has 0 amide bonds. The highest BCUT2D eigenvalue weighted by Crippen LogP contribution is 2.21. The number of hydrogen-bond acceptors (Lipinski definition) is 7. The molecule has 0 aromatic carbocycles. The third kappa shape index (κ3) is 10.5. The molecule has 4 nitrogen and oxygen atoms in total. The van der Waals surface area contributed by atoms with Crippen LogP contribution in [0.15, 0.2) is 0 Å². The maximum absolute atomic E-state index is 10.5. The van der Waals surface area contributed by atoms with Crippen molar-refractivity contribution < 1.29 is 9.90 Å². The molecule has 0 spiro atoms. The molecule has 0 saturated carbocycles. The molecule has 0 bridgehead atoms. The second-order valence-electron chi connectivity index (χ2n) is 4.50. The van der Waals surface area contributed by atoms with Gasteiger partial charge in [-0.2, -0.15) is 0 Å². The van der Waals surface area contributed by atoms with Crippen molar-refractivity contribution in [2.24, 2.45) is 0 Å². The summed E-state index contributed by atoms with van der Waals surface area (Å²) in [5, 5.41) is 8.60. The summed E-state index contributed by atoms with van der Waals surface area (Å²) in [6, 6.07) is 0. The summed E-state index contributed by atoms with van der Waals surface area (Å²) in [7, 11) is 4.07. The first-order chi connectivity index (χ1) is 9.38. The molecule has 0 saturated heterocycles. The molecule has 8 heteroatoms. The Bertz CT molecular complexity index is 272. The Labute approximate surface area is 142 Å². The van der Waals surface area contributed by atoms with Gasteiger partial charge in [0.25, 0.3) is 0 Å². The number of aliphatic carboxylic acids is 1. The molecule has 1 N–H and O–H groups in total. The molecule has 0 aromatic heterocycles. The second-order valence-corrected chi connectivity index (χ2v) is 8.55. The van der Waals surface area contributed by atoms with Crippen LogP contribution in [0.4, 0.5) is 0 Å². The van der Waals surface area contributed by atoms with Crippen LogP contribution >= 0.6 is 48.8 Å². The van der Waals surface area contributed by atoms with Crippen molar-refractivity contribution >= 4 is 54.8 Å². The van der Waals surface area contributed by atoms with Gasteiger partial charge in [0.2, 0.25) is 0 Å². The van der Waals surface area contributed by atoms with Gasteiger partial charge in [-0.1, -0.05) is 6.92 Å². The van der Waals surface area contributed by atoms with Gasteiger partial charge in [0.05, 0.1) is 15.8 Å². The van der Waals surface area contributed by atoms with Crippen molar-refractivity contribution in [1.82, 2.24) is 9.80 Å². The van der Waals surface area contributed by atoms with Crippen LogP contribution in [0.3, 0.4) is 0 Å². The highest BCUT2D eigenvalue weighted by molar-refractivity contribution is 8.10. The van der Waals surface area contributed by atoms with Gasteiger partial charge in [-0.15, -0.1) is 48.8 Å². The monoisotopic (exact) mass is 358 g/mol. The van der Waals surface area contributed by atoms with Gasteiger partial charge in [-0.25, -0.2) is 0 Å². The van der Waals surface area contributed by atoms with Gasteiger partial charge in [-0.05, 0) is 26.3 Å². The van der Waals surface area contributed by atoms with Crippen molar-refractivity contribution in [3.8, 4) is 0 Å². The van der Waals surface area contributed by atoms with Crippen molar-refractivity contribution in [3.05, 3.63) is 0 Å². The van der Waals surface area contributed by atoms with Crippen LogP contribution in [0.2, 0.25) is 0 Å². The van der Waals surface area contributed by atoms with E-state index < -0.39 is 5.97 Å². The SMILES string of the molecule is CCCSC(S)N(C)CCN(C)C(S)SCCC(=O)O. The lowest BCUT2D eigenvalue weighted by Crippen LogP contribution is -2.36. The fourth-order valence-corrected chi connectivity index (χ4v) is 3.80. The molecular weight excluding hydrogens is 332 g/mol. The van der Waals surface area contributed by atoms with Gasteiger partial charge in [0.15, 0.2) is 0 Å². The first kappa shape index (κ1) is 20.8. The molecule has 0 aliphatic carbocycles. The topological polar surface area (TPSA) is 43.8 Å². The highest BCUT2D eigenvalue weighted by atomic mass is 32.2. The fourth-order valence-electron chi connectivity index (χ4n) is 1.27. The Hall–Kier alpha value is 0.790. The zero-order valence-electron chi connectivity index (χ0n) is 12.4. The molecule has 120 valence electrons. The number of carboxylic acids is 1. The molecule has 0 rings (SSSR count). The summed E-state index contributed by atoms with van der Waals surface area (Å²) in [4.78, 5) is 14.8. The van der Waals surface area contributed by atoms with E-state index in [9.17, 15) is 4.79 Å². The lowest BCUT2D eigenvalue weighted by molar-refractivity contribution is -0.136. The maximum Gasteiger partial charge on any atom is 0.304 e. The first-order valence-electron chi connectivity index (χ1n) is 6.60. The molecule has 0 aromatic rings. The number of carbonyl (C=O) groups is 1. The van der Waals surface area contributed by atoms with Gasteiger partial charge in [-0.3, -0.25) is 14.6 Å². The summed E-state index contributed by atoms with van der Waals surface area (Å²) >= 11 is 12.5. The van der Waals surface area contributed by atoms with E-state index in [4.69, 9.17) is 5.11 Å². The van der Waals surface area contributed by atoms with E-state index in [1.807, 2.05) is 18.8 Å². The maximum atomic E-state index is 10.5. The van der Waals surface area contributed by atoms with E-state index in [0.29, 0.717) is 5.75 Å². The predicted molar refractivity (Wildman–Crippen MR) is 98.3 cm³/mol. The fraction of sp³-hybridized carbons (Fsp3) is 0.917. The van der Waals surface area contributed by atoms with Crippen LogP contribution in [-0.4, -0.2) is 69.0 Å². The van der Waals surface area contributed by atoms with Gasteiger partial charge in [0.1, 0.15) is 0 Å². The summed E-state index contributed by atoms with van der Waals surface area (Å²) in [5.41, 5.74) is 0. The summed E-state index contributed by atoms with van der Waals surface area (Å²) in [6.45, 7) is 3.97. The summed E-state index contributed by atoms with van der Waals surface area (Å²) in [6.07, 6.45) is 1.34. The van der Waals surface area contributed by atoms with E-state index in [1.165, 1.54) is 0 Å². The van der Waals surface area contributed by atoms with E-state index >= 15 is 0 Å². The number of thioether (sulfide) groups is 2. The standard InChI is InChI=1S/C12H26N2O2S4/c1-4-8-19-11(17)13(2)6-7-14(3)12(18)20-9-5-10(15)16/h11-12,17-18H,4-9H2,1-3H3,(H,15,16). The Morgan fingerprint density at radius 2 is 1.55 bits per heavy atom. The molecular formula is C12H26N2O2S4. The van der Waals surface area contributed by atoms with E-state index in [0.717, 1.165) is 25.3 Å². The molecule has 20 heavy (non-hydrogen) atoms. The van der Waals surface area contributed by atoms with Gasteiger partial charge in [0, 0.05) is 18.8 Å². The molecule has 0 fully saturated rings. The van der Waals surface area contributed by atoms with Crippen molar-refractivity contribution in [2.45, 2.75) is 29.2 Å². The third-order valence-corrected chi connectivity index (χ3v) is 6.70. The zero-order valence-corrected chi connectivity index (χ0v) is 15.8. The molecule has 0 aliphatic rings. The molecule has 2 atom stereocenters. The van der Waals surface area contributed by atoms with Gasteiger partial charge >= 0.3 is 5.97 Å².